The molecule has 1 saturated heterocycles. The van der Waals surface area contributed by atoms with E-state index in [0.29, 0.717) is 24.1 Å². The third-order valence-electron chi connectivity index (χ3n) is 7.64. The number of nitrogens with two attached hydrogens (primary N) is 1. The van der Waals surface area contributed by atoms with Crippen molar-refractivity contribution in [3.05, 3.63) is 111 Å². The smallest absolute Gasteiger partial charge is 0.355 e. The van der Waals surface area contributed by atoms with Gasteiger partial charge in [-0.05, 0) is 30.0 Å². The van der Waals surface area contributed by atoms with Crippen LogP contribution in [-0.2, 0) is 24.0 Å². The Kier molecular flexibility index (Phi) is 8.99. The Morgan fingerprint density at radius 3 is 2.67 bits per heavy atom. The van der Waals surface area contributed by atoms with E-state index in [4.69, 9.17) is 20.3 Å². The van der Waals surface area contributed by atoms with Gasteiger partial charge < -0.3 is 20.6 Å². The number of pyridine rings is 1. The molecule has 5 heterocycles. The summed E-state index contributed by atoms with van der Waals surface area (Å²) in [6, 6.07) is 12.5. The maximum Gasteiger partial charge on any atom is 0.355 e. The predicted octanol–water partition coefficient (Wildman–Crippen LogP) is 3.74. The molecule has 0 bridgehead atoms. The quantitative estimate of drug-likeness (QED) is 0.0806. The van der Waals surface area contributed by atoms with E-state index in [-0.39, 0.29) is 34.8 Å². The lowest BCUT2D eigenvalue weighted by atomic mass is 9.82. The number of nitrogen functional groups attached to an aromatic ring is 1. The minimum absolute atomic E-state index is 0.0322. The van der Waals surface area contributed by atoms with Crippen molar-refractivity contribution < 1.29 is 24.0 Å². The van der Waals surface area contributed by atoms with Crippen LogP contribution in [0.1, 0.15) is 46.3 Å². The summed E-state index contributed by atoms with van der Waals surface area (Å²) in [4.78, 5) is 60.0. The number of carbonyl (C=O) groups excluding carboxylic acids is 3. The number of fused-ring (bicyclic) bond motifs is 1. The molecule has 1 aromatic carbocycles. The lowest BCUT2D eigenvalue weighted by Gasteiger charge is -2.50. The normalized spacial score (nSPS) is 18.3. The SMILES string of the molecule is C=CCOC(=O)C1=C(c2csc(C(c3ccccc3)c3cccnc3)n2)CC[C@@H]2[C@H](NC(=O)/C(=N\OC)c3csc(N)n3)C(=O)N12. The number of anilines is 1. The minimum Gasteiger partial charge on any atom is -0.457 e. The van der Waals surface area contributed by atoms with Crippen molar-refractivity contribution in [2.24, 2.45) is 5.16 Å². The highest BCUT2D eigenvalue weighted by atomic mass is 32.1. The summed E-state index contributed by atoms with van der Waals surface area (Å²) in [5.74, 6) is -1.95. The van der Waals surface area contributed by atoms with Gasteiger partial charge in [0.25, 0.3) is 11.8 Å². The summed E-state index contributed by atoms with van der Waals surface area (Å²) in [6.07, 6.45) is 5.90. The van der Waals surface area contributed by atoms with Gasteiger partial charge in [0.05, 0.1) is 17.7 Å². The third kappa shape index (κ3) is 5.91. The molecule has 3 N–H and O–H groups in total. The maximum absolute atomic E-state index is 13.6. The van der Waals surface area contributed by atoms with Gasteiger partial charge >= 0.3 is 5.97 Å². The van der Waals surface area contributed by atoms with Crippen molar-refractivity contribution in [3.8, 4) is 0 Å². The highest BCUT2D eigenvalue weighted by Gasteiger charge is 2.54. The van der Waals surface area contributed by atoms with Gasteiger partial charge in [-0.25, -0.2) is 14.8 Å². The van der Waals surface area contributed by atoms with Gasteiger partial charge in [0, 0.05) is 28.7 Å². The molecule has 1 unspecified atom stereocenters. The van der Waals surface area contributed by atoms with E-state index in [1.165, 1.54) is 29.4 Å². The molecule has 0 spiro atoms. The Labute approximate surface area is 272 Å². The number of carbonyl (C=O) groups is 3. The van der Waals surface area contributed by atoms with Crippen molar-refractivity contribution in [2.45, 2.75) is 30.8 Å². The average molecular weight is 656 g/mol. The molecule has 0 radical (unpaired) electrons. The number of hydrogen-bond donors (Lipinski definition) is 2. The Morgan fingerprint density at radius 2 is 1.98 bits per heavy atom. The second-order valence-corrected chi connectivity index (χ2v) is 12.2. The van der Waals surface area contributed by atoms with Crippen molar-refractivity contribution in [3.63, 3.8) is 0 Å². The second kappa shape index (κ2) is 13.4. The lowest BCUT2D eigenvalue weighted by molar-refractivity contribution is -0.156. The van der Waals surface area contributed by atoms with Gasteiger partial charge in [-0.1, -0.05) is 54.2 Å². The number of β-lactam (4-membered cyclic amide) rings is 1. The van der Waals surface area contributed by atoms with Crippen LogP contribution in [-0.4, -0.2) is 69.1 Å². The number of amides is 2. The van der Waals surface area contributed by atoms with E-state index in [2.05, 4.69) is 27.0 Å². The number of rotatable bonds is 11. The summed E-state index contributed by atoms with van der Waals surface area (Å²) < 4.78 is 5.44. The number of benzene rings is 1. The Hall–Kier alpha value is -5.21. The van der Waals surface area contributed by atoms with Crippen LogP contribution in [0.3, 0.4) is 0 Å². The van der Waals surface area contributed by atoms with Crippen LogP contribution in [0.5, 0.6) is 0 Å². The Balaban J connectivity index is 1.31. The topological polar surface area (TPSA) is 162 Å². The van der Waals surface area contributed by atoms with Gasteiger partial charge in [-0.2, -0.15) is 0 Å². The van der Waals surface area contributed by atoms with E-state index in [1.807, 2.05) is 54.0 Å². The molecule has 1 fully saturated rings. The van der Waals surface area contributed by atoms with E-state index < -0.39 is 29.9 Å². The van der Waals surface area contributed by atoms with E-state index in [0.717, 1.165) is 27.5 Å². The average Bonchev–Trinajstić information content (AvgIpc) is 3.74. The molecular formula is C32H29N7O5S2. The fraction of sp³-hybridized carbons (Fsp3) is 0.219. The number of thiazole rings is 2. The monoisotopic (exact) mass is 655 g/mol. The fourth-order valence-corrected chi connectivity index (χ4v) is 7.17. The highest BCUT2D eigenvalue weighted by Crippen LogP contribution is 2.42. The first kappa shape index (κ1) is 30.8. The summed E-state index contributed by atoms with van der Waals surface area (Å²) >= 11 is 2.61. The van der Waals surface area contributed by atoms with Crippen LogP contribution in [0.4, 0.5) is 5.13 Å². The molecule has 12 nitrogen and oxygen atoms in total. The number of esters is 1. The molecule has 2 aliphatic rings. The summed E-state index contributed by atoms with van der Waals surface area (Å²) in [5.41, 5.74) is 9.17. The largest absolute Gasteiger partial charge is 0.457 e. The molecular weight excluding hydrogens is 627 g/mol. The number of allylic oxidation sites excluding steroid dienone is 1. The molecule has 3 aromatic heterocycles. The van der Waals surface area contributed by atoms with Gasteiger partial charge in [0.2, 0.25) is 0 Å². The standard InChI is InChI=1S/C32H29N7O5S2/c1-3-14-44-31(42)27-20(21-16-45-29(35-21)24(18-8-5-4-6-9-18)19-10-7-13-34-15-19)11-12-23-26(30(41)39(23)27)37-28(40)25(38-43-2)22-17-46-32(33)36-22/h3-10,13,15-17,23-24,26H,1,11-12,14H2,2H3,(H2,33,36)(H,37,40)/b38-25-/t23-,24?,26+/m1/s1. The van der Waals surface area contributed by atoms with Crippen LogP contribution in [0.2, 0.25) is 0 Å². The summed E-state index contributed by atoms with van der Waals surface area (Å²) in [7, 11) is 1.30. The van der Waals surface area contributed by atoms with Gasteiger partial charge in [-0.15, -0.1) is 22.7 Å². The predicted molar refractivity (Wildman–Crippen MR) is 174 cm³/mol. The van der Waals surface area contributed by atoms with Crippen molar-refractivity contribution in [2.75, 3.05) is 19.5 Å². The van der Waals surface area contributed by atoms with Crippen LogP contribution < -0.4 is 11.1 Å². The van der Waals surface area contributed by atoms with Crippen molar-refractivity contribution in [1.82, 2.24) is 25.2 Å². The third-order valence-corrected chi connectivity index (χ3v) is 9.22. The number of nitrogens with zero attached hydrogens (tertiary/aromatic N) is 5. The maximum atomic E-state index is 13.6. The molecule has 234 valence electrons. The number of aromatic nitrogens is 3. The first-order chi connectivity index (χ1) is 22.4. The lowest BCUT2D eigenvalue weighted by Crippen LogP contribution is -2.72. The second-order valence-electron chi connectivity index (χ2n) is 10.4. The molecule has 46 heavy (non-hydrogen) atoms. The van der Waals surface area contributed by atoms with E-state index in [1.54, 1.807) is 11.6 Å². The van der Waals surface area contributed by atoms with Gasteiger partial charge in [-0.3, -0.25) is 19.5 Å². The minimum atomic E-state index is -0.895. The van der Waals surface area contributed by atoms with Crippen LogP contribution in [0.15, 0.2) is 89.1 Å². The fourth-order valence-electron chi connectivity index (χ4n) is 5.63. The highest BCUT2D eigenvalue weighted by molar-refractivity contribution is 7.13. The molecule has 6 rings (SSSR count). The molecule has 4 aromatic rings. The first-order valence-corrected chi connectivity index (χ1v) is 16.1. The molecule has 2 aliphatic heterocycles. The summed E-state index contributed by atoms with van der Waals surface area (Å²) in [5, 5.41) is 11.1. The Bertz CT molecular complexity index is 1800. The molecule has 2 amide bonds. The van der Waals surface area contributed by atoms with Crippen LogP contribution in [0, 0.1) is 0 Å². The zero-order valence-electron chi connectivity index (χ0n) is 24.7. The zero-order chi connectivity index (χ0) is 32.2. The summed E-state index contributed by atoms with van der Waals surface area (Å²) in [6.45, 7) is 3.60. The molecule has 0 aliphatic carbocycles. The van der Waals surface area contributed by atoms with Gasteiger partial charge in [0.1, 0.15) is 36.2 Å². The number of nitrogens with one attached hydrogen (secondary N) is 1. The van der Waals surface area contributed by atoms with Crippen LogP contribution in [0.25, 0.3) is 5.57 Å². The van der Waals surface area contributed by atoms with Gasteiger partial charge in [0.15, 0.2) is 10.8 Å². The molecule has 14 heteroatoms. The number of oxime groups is 1. The van der Waals surface area contributed by atoms with E-state index >= 15 is 0 Å². The van der Waals surface area contributed by atoms with Crippen molar-refractivity contribution >= 4 is 56.9 Å². The molecule has 0 saturated carbocycles. The zero-order valence-corrected chi connectivity index (χ0v) is 26.3. The number of ether oxygens (including phenoxy) is 1. The molecule has 3 atom stereocenters. The first-order valence-electron chi connectivity index (χ1n) is 14.3. The van der Waals surface area contributed by atoms with Crippen LogP contribution >= 0.6 is 22.7 Å². The van der Waals surface area contributed by atoms with Crippen molar-refractivity contribution in [1.29, 1.82) is 0 Å². The van der Waals surface area contributed by atoms with E-state index in [9.17, 15) is 14.4 Å². The Morgan fingerprint density at radius 1 is 1.17 bits per heavy atom. The number of hydrogen-bond acceptors (Lipinski definition) is 12.